The minimum atomic E-state index is -0.334. The van der Waals surface area contributed by atoms with Gasteiger partial charge in [0.2, 0.25) is 5.76 Å². The third-order valence-corrected chi connectivity index (χ3v) is 4.10. The molecule has 0 radical (unpaired) electrons. The van der Waals surface area contributed by atoms with Crippen molar-refractivity contribution in [2.45, 2.75) is 13.8 Å². The van der Waals surface area contributed by atoms with Crippen molar-refractivity contribution in [3.8, 4) is 17.3 Å². The molecule has 0 unspecified atom stereocenters. The first-order valence-corrected chi connectivity index (χ1v) is 9.00. The highest BCUT2D eigenvalue weighted by Gasteiger charge is 2.14. The number of amides is 1. The average molecular weight is 393 g/mol. The van der Waals surface area contributed by atoms with E-state index in [1.54, 1.807) is 16.8 Å². The predicted molar refractivity (Wildman–Crippen MR) is 104 cm³/mol. The second-order valence-corrected chi connectivity index (χ2v) is 6.35. The molecule has 2 N–H and O–H groups in total. The van der Waals surface area contributed by atoms with E-state index in [2.05, 4.69) is 31.1 Å². The smallest absolute Gasteiger partial charge is 0.273 e. The van der Waals surface area contributed by atoms with Crippen LogP contribution in [0.1, 0.15) is 21.9 Å². The van der Waals surface area contributed by atoms with Crippen LogP contribution in [0.3, 0.4) is 0 Å². The van der Waals surface area contributed by atoms with Gasteiger partial charge >= 0.3 is 0 Å². The Balaban J connectivity index is 1.26. The molecule has 148 valence electrons. The standard InChI is InChI=1S/C19H19N7O3/c1-12-10-13(2)26(24-12)18-6-5-17(22-23-18)20-7-8-21-19(27)14-11-16(29-25-14)15-4-3-9-28-15/h3-6,9-11H,7-8H2,1-2H3,(H,20,22)(H,21,27). The summed E-state index contributed by atoms with van der Waals surface area (Å²) in [5.41, 5.74) is 2.10. The molecule has 0 bridgehead atoms. The van der Waals surface area contributed by atoms with Crippen molar-refractivity contribution in [3.05, 3.63) is 59.7 Å². The van der Waals surface area contributed by atoms with Gasteiger partial charge in [-0.15, -0.1) is 10.2 Å². The lowest BCUT2D eigenvalue weighted by Crippen LogP contribution is -2.29. The summed E-state index contributed by atoms with van der Waals surface area (Å²) in [5, 5.41) is 22.3. The van der Waals surface area contributed by atoms with Gasteiger partial charge in [0.25, 0.3) is 5.91 Å². The van der Waals surface area contributed by atoms with Gasteiger partial charge in [-0.3, -0.25) is 4.79 Å². The molecule has 29 heavy (non-hydrogen) atoms. The van der Waals surface area contributed by atoms with Gasteiger partial charge in [-0.2, -0.15) is 5.10 Å². The van der Waals surface area contributed by atoms with E-state index in [4.69, 9.17) is 8.94 Å². The second kappa shape index (κ2) is 7.97. The number of nitrogens with one attached hydrogen (secondary N) is 2. The molecular formula is C19H19N7O3. The van der Waals surface area contributed by atoms with Crippen LogP contribution in [0.2, 0.25) is 0 Å². The molecule has 10 heteroatoms. The van der Waals surface area contributed by atoms with E-state index >= 15 is 0 Å². The summed E-state index contributed by atoms with van der Waals surface area (Å²) in [6.45, 7) is 4.74. The fourth-order valence-corrected chi connectivity index (χ4v) is 2.77. The molecule has 0 fully saturated rings. The Hall–Kier alpha value is -3.95. The van der Waals surface area contributed by atoms with E-state index in [-0.39, 0.29) is 11.6 Å². The number of aromatic nitrogens is 5. The molecule has 0 spiro atoms. The van der Waals surface area contributed by atoms with Crippen LogP contribution < -0.4 is 10.6 Å². The maximum atomic E-state index is 12.1. The van der Waals surface area contributed by atoms with Crippen molar-refractivity contribution in [3.63, 3.8) is 0 Å². The number of hydrogen-bond acceptors (Lipinski definition) is 8. The van der Waals surface area contributed by atoms with Crippen LogP contribution in [0, 0.1) is 13.8 Å². The van der Waals surface area contributed by atoms with Crippen molar-refractivity contribution in [2.24, 2.45) is 0 Å². The van der Waals surface area contributed by atoms with E-state index in [1.807, 2.05) is 32.0 Å². The Kier molecular flexibility index (Phi) is 5.06. The summed E-state index contributed by atoms with van der Waals surface area (Å²) in [6.07, 6.45) is 1.52. The third-order valence-electron chi connectivity index (χ3n) is 4.10. The topological polar surface area (TPSA) is 124 Å². The highest BCUT2D eigenvalue weighted by molar-refractivity contribution is 5.92. The molecule has 4 aromatic rings. The second-order valence-electron chi connectivity index (χ2n) is 6.35. The van der Waals surface area contributed by atoms with Crippen molar-refractivity contribution < 1.29 is 13.7 Å². The molecule has 4 aromatic heterocycles. The fourth-order valence-electron chi connectivity index (χ4n) is 2.77. The van der Waals surface area contributed by atoms with Crippen molar-refractivity contribution in [1.82, 2.24) is 30.5 Å². The molecule has 0 aliphatic rings. The van der Waals surface area contributed by atoms with Gasteiger partial charge in [0.05, 0.1) is 12.0 Å². The van der Waals surface area contributed by atoms with E-state index in [1.165, 1.54) is 12.3 Å². The van der Waals surface area contributed by atoms with Crippen molar-refractivity contribution in [1.29, 1.82) is 0 Å². The van der Waals surface area contributed by atoms with Gasteiger partial charge in [-0.1, -0.05) is 5.16 Å². The van der Waals surface area contributed by atoms with Gasteiger partial charge in [-0.05, 0) is 44.2 Å². The Labute approximate surface area is 165 Å². The number of rotatable bonds is 7. The normalized spacial score (nSPS) is 10.8. The molecule has 0 saturated heterocycles. The molecule has 0 aromatic carbocycles. The van der Waals surface area contributed by atoms with Gasteiger partial charge < -0.3 is 19.6 Å². The summed E-state index contributed by atoms with van der Waals surface area (Å²) in [4.78, 5) is 12.1. The number of anilines is 1. The Bertz CT molecular complexity index is 1100. The van der Waals surface area contributed by atoms with Crippen molar-refractivity contribution >= 4 is 11.7 Å². The highest BCUT2D eigenvalue weighted by atomic mass is 16.5. The molecule has 0 saturated carbocycles. The fraction of sp³-hybridized carbons (Fsp3) is 0.211. The molecule has 0 aliphatic carbocycles. The summed E-state index contributed by atoms with van der Waals surface area (Å²) in [6, 6.07) is 10.6. The average Bonchev–Trinajstić information content (AvgIpc) is 3.46. The number of hydrogen-bond donors (Lipinski definition) is 2. The Morgan fingerprint density at radius 1 is 1.10 bits per heavy atom. The summed E-state index contributed by atoms with van der Waals surface area (Å²) in [5.74, 6) is 1.83. The zero-order chi connectivity index (χ0) is 20.2. The molecular weight excluding hydrogens is 374 g/mol. The minimum absolute atomic E-state index is 0.186. The molecule has 0 atom stereocenters. The van der Waals surface area contributed by atoms with E-state index in [9.17, 15) is 4.79 Å². The quantitative estimate of drug-likeness (QED) is 0.459. The molecule has 4 rings (SSSR count). The SMILES string of the molecule is Cc1cc(C)n(-c2ccc(NCCNC(=O)c3cc(-c4ccco4)on3)nn2)n1. The van der Waals surface area contributed by atoms with Gasteiger partial charge in [-0.25, -0.2) is 4.68 Å². The minimum Gasteiger partial charge on any atom is -0.461 e. The number of nitrogens with zero attached hydrogens (tertiary/aromatic N) is 5. The van der Waals surface area contributed by atoms with Crippen LogP contribution in [-0.2, 0) is 0 Å². The number of carbonyl (C=O) groups is 1. The van der Waals surface area contributed by atoms with Crippen LogP contribution in [0.25, 0.3) is 17.3 Å². The van der Waals surface area contributed by atoms with Gasteiger partial charge in [0, 0.05) is 24.8 Å². The molecule has 4 heterocycles. The number of furan rings is 1. The first-order valence-electron chi connectivity index (χ1n) is 9.00. The monoisotopic (exact) mass is 393 g/mol. The molecule has 0 aliphatic heterocycles. The van der Waals surface area contributed by atoms with Crippen LogP contribution in [0.15, 0.2) is 51.6 Å². The molecule has 10 nitrogen and oxygen atoms in total. The van der Waals surface area contributed by atoms with Crippen LogP contribution in [0.4, 0.5) is 5.82 Å². The third kappa shape index (κ3) is 4.15. The van der Waals surface area contributed by atoms with E-state index in [0.29, 0.717) is 36.2 Å². The zero-order valence-corrected chi connectivity index (χ0v) is 15.9. The largest absolute Gasteiger partial charge is 0.461 e. The lowest BCUT2D eigenvalue weighted by atomic mass is 10.3. The van der Waals surface area contributed by atoms with Crippen LogP contribution in [-0.4, -0.2) is 44.1 Å². The van der Waals surface area contributed by atoms with E-state index in [0.717, 1.165) is 11.4 Å². The zero-order valence-electron chi connectivity index (χ0n) is 15.9. The summed E-state index contributed by atoms with van der Waals surface area (Å²) >= 11 is 0. The van der Waals surface area contributed by atoms with Crippen LogP contribution >= 0.6 is 0 Å². The maximum absolute atomic E-state index is 12.1. The van der Waals surface area contributed by atoms with Crippen LogP contribution in [0.5, 0.6) is 0 Å². The first kappa shape index (κ1) is 18.4. The summed E-state index contributed by atoms with van der Waals surface area (Å²) < 4.78 is 12.1. The first-order chi connectivity index (χ1) is 14.1. The van der Waals surface area contributed by atoms with E-state index < -0.39 is 0 Å². The maximum Gasteiger partial charge on any atom is 0.273 e. The highest BCUT2D eigenvalue weighted by Crippen LogP contribution is 2.20. The summed E-state index contributed by atoms with van der Waals surface area (Å²) in [7, 11) is 0. The number of carbonyl (C=O) groups excluding carboxylic acids is 1. The van der Waals surface area contributed by atoms with Crippen molar-refractivity contribution in [2.75, 3.05) is 18.4 Å². The lowest BCUT2D eigenvalue weighted by molar-refractivity contribution is 0.0946. The lowest BCUT2D eigenvalue weighted by Gasteiger charge is -2.07. The van der Waals surface area contributed by atoms with Gasteiger partial charge in [0.1, 0.15) is 5.82 Å². The Morgan fingerprint density at radius 2 is 2.00 bits per heavy atom. The number of aryl methyl sites for hydroxylation is 2. The molecule has 1 amide bonds. The van der Waals surface area contributed by atoms with Gasteiger partial charge in [0.15, 0.2) is 17.3 Å². The predicted octanol–water partition coefficient (Wildman–Crippen LogP) is 2.37. The Morgan fingerprint density at radius 3 is 2.69 bits per heavy atom.